The van der Waals surface area contributed by atoms with Gasteiger partial charge in [-0.2, -0.15) is 0 Å². The number of benzene rings is 2. The highest BCUT2D eigenvalue weighted by molar-refractivity contribution is 7.92. The van der Waals surface area contributed by atoms with Crippen LogP contribution in [0.4, 0.5) is 5.69 Å². The molecule has 6 nitrogen and oxygen atoms in total. The Morgan fingerprint density at radius 3 is 2.23 bits per heavy atom. The number of likely N-dealkylation sites (N-methyl/N-ethyl adjacent to an activating group) is 1. The summed E-state index contributed by atoms with van der Waals surface area (Å²) in [5.41, 5.74) is 2.43. The van der Waals surface area contributed by atoms with E-state index >= 15 is 0 Å². The molecule has 0 N–H and O–H groups in total. The van der Waals surface area contributed by atoms with Crippen LogP contribution in [0.2, 0.25) is 0 Å². The van der Waals surface area contributed by atoms with Crippen LogP contribution < -0.4 is 9.04 Å². The van der Waals surface area contributed by atoms with Crippen LogP contribution in [0.25, 0.3) is 12.2 Å². The van der Waals surface area contributed by atoms with Crippen LogP contribution >= 0.6 is 0 Å². The topological polar surface area (TPSA) is 62.7 Å². The fraction of sp³-hybridized carbons (Fsp3) is 0.208. The number of ether oxygens (including phenoxy) is 1. The molecule has 0 bridgehead atoms. The van der Waals surface area contributed by atoms with Crippen LogP contribution in [0.15, 0.2) is 78.0 Å². The third-order valence-electron chi connectivity index (χ3n) is 4.76. The van der Waals surface area contributed by atoms with Crippen LogP contribution in [-0.4, -0.2) is 52.6 Å². The third kappa shape index (κ3) is 5.71. The summed E-state index contributed by atoms with van der Waals surface area (Å²) in [7, 11) is 1.63. The SMILES string of the molecule is COc1ccc(S(=O)(=O)N(CCN(C)C)c2ccccc2/C=C/c2ccncc2)cc1. The number of rotatable bonds is 9. The minimum atomic E-state index is -3.77. The van der Waals surface area contributed by atoms with Crippen molar-refractivity contribution in [3.05, 3.63) is 84.2 Å². The Hall–Kier alpha value is -3.16. The largest absolute Gasteiger partial charge is 0.497 e. The number of anilines is 1. The maximum Gasteiger partial charge on any atom is 0.264 e. The summed E-state index contributed by atoms with van der Waals surface area (Å²) in [5, 5.41) is 0. The van der Waals surface area contributed by atoms with Gasteiger partial charge in [0.05, 0.1) is 17.7 Å². The van der Waals surface area contributed by atoms with Crippen molar-refractivity contribution < 1.29 is 13.2 Å². The van der Waals surface area contributed by atoms with E-state index in [2.05, 4.69) is 4.98 Å². The average molecular weight is 438 g/mol. The molecule has 0 aliphatic carbocycles. The third-order valence-corrected chi connectivity index (χ3v) is 6.59. The van der Waals surface area contributed by atoms with Crippen molar-refractivity contribution in [2.45, 2.75) is 4.90 Å². The minimum Gasteiger partial charge on any atom is -0.497 e. The lowest BCUT2D eigenvalue weighted by molar-refractivity contribution is 0.414. The molecular formula is C24H27N3O3S. The van der Waals surface area contributed by atoms with Gasteiger partial charge in [-0.25, -0.2) is 8.42 Å². The molecule has 0 radical (unpaired) electrons. The van der Waals surface area contributed by atoms with Crippen molar-refractivity contribution in [1.82, 2.24) is 9.88 Å². The van der Waals surface area contributed by atoms with Gasteiger partial charge in [0, 0.05) is 25.5 Å². The molecule has 31 heavy (non-hydrogen) atoms. The van der Waals surface area contributed by atoms with Crippen molar-refractivity contribution in [2.24, 2.45) is 0 Å². The average Bonchev–Trinajstić information content (AvgIpc) is 2.79. The maximum absolute atomic E-state index is 13.6. The molecule has 1 heterocycles. The molecule has 0 saturated heterocycles. The molecule has 0 amide bonds. The van der Waals surface area contributed by atoms with Gasteiger partial charge >= 0.3 is 0 Å². The predicted octanol–water partition coefficient (Wildman–Crippen LogP) is 4.02. The maximum atomic E-state index is 13.6. The summed E-state index contributed by atoms with van der Waals surface area (Å²) >= 11 is 0. The van der Waals surface area contributed by atoms with Crippen LogP contribution in [-0.2, 0) is 10.0 Å². The summed E-state index contributed by atoms with van der Waals surface area (Å²) in [6.07, 6.45) is 7.33. The van der Waals surface area contributed by atoms with Gasteiger partial charge in [0.25, 0.3) is 10.0 Å². The highest BCUT2D eigenvalue weighted by atomic mass is 32.2. The van der Waals surface area contributed by atoms with E-state index in [1.807, 2.05) is 67.5 Å². The Morgan fingerprint density at radius 1 is 0.903 bits per heavy atom. The first kappa shape index (κ1) is 22.5. The van der Waals surface area contributed by atoms with Gasteiger partial charge in [0.2, 0.25) is 0 Å². The second-order valence-electron chi connectivity index (χ2n) is 7.23. The fourth-order valence-electron chi connectivity index (χ4n) is 3.05. The molecule has 0 aliphatic rings. The summed E-state index contributed by atoms with van der Waals surface area (Å²) in [6, 6.07) is 17.8. The Balaban J connectivity index is 2.03. The highest BCUT2D eigenvalue weighted by Gasteiger charge is 2.26. The summed E-state index contributed by atoms with van der Waals surface area (Å²) in [5.74, 6) is 0.611. The number of pyridine rings is 1. The molecule has 7 heteroatoms. The summed E-state index contributed by atoms with van der Waals surface area (Å²) in [4.78, 5) is 6.22. The molecule has 1 aromatic heterocycles. The fourth-order valence-corrected chi connectivity index (χ4v) is 4.53. The van der Waals surface area contributed by atoms with Gasteiger partial charge in [0.1, 0.15) is 5.75 Å². The molecule has 0 unspecified atom stereocenters. The summed E-state index contributed by atoms with van der Waals surface area (Å²) in [6.45, 7) is 0.902. The Bertz CT molecular complexity index is 1110. The van der Waals surface area contributed by atoms with Crippen molar-refractivity contribution >= 4 is 27.9 Å². The smallest absolute Gasteiger partial charge is 0.264 e. The predicted molar refractivity (Wildman–Crippen MR) is 126 cm³/mol. The molecule has 0 fully saturated rings. The van der Waals surface area contributed by atoms with Gasteiger partial charge in [-0.05, 0) is 67.7 Å². The van der Waals surface area contributed by atoms with Gasteiger partial charge < -0.3 is 9.64 Å². The van der Waals surface area contributed by atoms with E-state index in [1.54, 1.807) is 43.8 Å². The van der Waals surface area contributed by atoms with Crippen LogP contribution in [0.5, 0.6) is 5.75 Å². The number of hydrogen-bond acceptors (Lipinski definition) is 5. The molecule has 2 aromatic carbocycles. The zero-order chi connectivity index (χ0) is 22.3. The van der Waals surface area contributed by atoms with Crippen molar-refractivity contribution in [3.63, 3.8) is 0 Å². The summed E-state index contributed by atoms with van der Waals surface area (Å²) < 4.78 is 33.9. The molecule has 0 spiro atoms. The molecule has 0 aliphatic heterocycles. The number of aromatic nitrogens is 1. The van der Waals surface area contributed by atoms with Gasteiger partial charge in [-0.3, -0.25) is 9.29 Å². The van der Waals surface area contributed by atoms with E-state index in [0.29, 0.717) is 24.5 Å². The number of hydrogen-bond donors (Lipinski definition) is 0. The standard InChI is InChI=1S/C24H27N3O3S/c1-26(2)18-19-27(31(28,29)23-12-10-22(30-3)11-13-23)24-7-5-4-6-21(24)9-8-20-14-16-25-17-15-20/h4-17H,18-19H2,1-3H3/b9-8+. The van der Waals surface area contributed by atoms with E-state index in [9.17, 15) is 8.42 Å². The van der Waals surface area contributed by atoms with E-state index in [-0.39, 0.29) is 4.90 Å². The van der Waals surface area contributed by atoms with Gasteiger partial charge in [-0.1, -0.05) is 30.4 Å². The van der Waals surface area contributed by atoms with Gasteiger partial charge in [-0.15, -0.1) is 0 Å². The number of methoxy groups -OCH3 is 1. The number of para-hydroxylation sites is 1. The van der Waals surface area contributed by atoms with Crippen LogP contribution in [0.1, 0.15) is 11.1 Å². The van der Waals surface area contributed by atoms with Crippen molar-refractivity contribution in [2.75, 3.05) is 38.6 Å². The Morgan fingerprint density at radius 2 is 1.58 bits per heavy atom. The quantitative estimate of drug-likeness (QED) is 0.506. The molecule has 3 rings (SSSR count). The van der Waals surface area contributed by atoms with Gasteiger partial charge in [0.15, 0.2) is 0 Å². The van der Waals surface area contributed by atoms with Crippen LogP contribution in [0, 0.1) is 0 Å². The number of nitrogens with zero attached hydrogens (tertiary/aromatic N) is 3. The molecule has 3 aromatic rings. The first-order chi connectivity index (χ1) is 14.9. The lowest BCUT2D eigenvalue weighted by atomic mass is 10.1. The zero-order valence-electron chi connectivity index (χ0n) is 18.0. The van der Waals surface area contributed by atoms with Crippen molar-refractivity contribution in [1.29, 1.82) is 0 Å². The second-order valence-corrected chi connectivity index (χ2v) is 9.09. The monoisotopic (exact) mass is 437 g/mol. The first-order valence-corrected chi connectivity index (χ1v) is 11.3. The lowest BCUT2D eigenvalue weighted by Crippen LogP contribution is -2.37. The molecule has 162 valence electrons. The highest BCUT2D eigenvalue weighted by Crippen LogP contribution is 2.29. The van der Waals surface area contributed by atoms with Crippen LogP contribution in [0.3, 0.4) is 0 Å². The first-order valence-electron chi connectivity index (χ1n) is 9.90. The Kier molecular flexibility index (Phi) is 7.44. The van der Waals surface area contributed by atoms with E-state index in [4.69, 9.17) is 4.74 Å². The molecular weight excluding hydrogens is 410 g/mol. The lowest BCUT2D eigenvalue weighted by Gasteiger charge is -2.27. The Labute approximate surface area is 184 Å². The normalized spacial score (nSPS) is 11.7. The molecule has 0 atom stereocenters. The van der Waals surface area contributed by atoms with Crippen molar-refractivity contribution in [3.8, 4) is 5.75 Å². The molecule has 0 saturated carbocycles. The second kappa shape index (κ2) is 10.2. The number of sulfonamides is 1. The van der Waals surface area contributed by atoms with E-state index in [1.165, 1.54) is 4.31 Å². The zero-order valence-corrected chi connectivity index (χ0v) is 18.8. The minimum absolute atomic E-state index is 0.222. The van der Waals surface area contributed by atoms with E-state index in [0.717, 1.165) is 11.1 Å². The van der Waals surface area contributed by atoms with E-state index < -0.39 is 10.0 Å².